The Morgan fingerprint density at radius 3 is 2.50 bits per heavy atom. The summed E-state index contributed by atoms with van der Waals surface area (Å²) in [5, 5.41) is 8.34. The number of rotatable bonds is 3. The smallest absolute Gasteiger partial charge is 0.160 e. The summed E-state index contributed by atoms with van der Waals surface area (Å²) >= 11 is 0. The van der Waals surface area contributed by atoms with Crippen molar-refractivity contribution in [1.29, 1.82) is 0 Å². The number of hydrogen-bond acceptors (Lipinski definition) is 4. The largest absolute Gasteiger partial charge is 0.353 e. The topological polar surface area (TPSA) is 43.0 Å². The maximum atomic E-state index is 13.0. The Morgan fingerprint density at radius 1 is 1.04 bits per heavy atom. The minimum atomic E-state index is -0.266. The van der Waals surface area contributed by atoms with Gasteiger partial charge in [0.2, 0.25) is 0 Å². The van der Waals surface area contributed by atoms with E-state index in [9.17, 15) is 4.39 Å². The highest BCUT2D eigenvalue weighted by atomic mass is 19.1. The molecule has 2 aliphatic rings. The second-order valence-electron chi connectivity index (χ2n) is 6.16. The highest BCUT2D eigenvalue weighted by Gasteiger charge is 2.58. The quantitative estimate of drug-likeness (QED) is 0.695. The Bertz CT molecular complexity index is 890. The maximum absolute atomic E-state index is 13.0. The first kappa shape index (κ1) is 13.8. The van der Waals surface area contributed by atoms with Gasteiger partial charge in [-0.25, -0.2) is 9.07 Å². The minimum absolute atomic E-state index is 0.176. The number of fused-ring (bicyclic) bond motifs is 1. The molecule has 0 amide bonds. The molecule has 2 atom stereocenters. The molecule has 0 aliphatic carbocycles. The number of benzene rings is 2. The summed E-state index contributed by atoms with van der Waals surface area (Å²) in [6, 6.07) is 14.4. The summed E-state index contributed by atoms with van der Waals surface area (Å²) in [5.74, 6) is -0.266. The molecule has 3 aromatic rings. The van der Waals surface area contributed by atoms with E-state index < -0.39 is 0 Å². The number of hydrogen-bond donors (Lipinski definition) is 0. The fourth-order valence-corrected chi connectivity index (χ4v) is 3.32. The molecule has 120 valence electrons. The number of ether oxygens (including phenoxy) is 1. The molecule has 2 aromatic carbocycles. The predicted octanol–water partition coefficient (Wildman–Crippen LogP) is 2.57. The highest BCUT2D eigenvalue weighted by molar-refractivity contribution is 5.59. The van der Waals surface area contributed by atoms with Crippen molar-refractivity contribution < 1.29 is 9.13 Å². The Labute approximate surface area is 138 Å². The molecule has 0 saturated carbocycles. The third kappa shape index (κ3) is 2.07. The zero-order valence-corrected chi connectivity index (χ0v) is 12.9. The van der Waals surface area contributed by atoms with Gasteiger partial charge in [0, 0.05) is 24.2 Å². The van der Waals surface area contributed by atoms with Gasteiger partial charge in [-0.3, -0.25) is 4.90 Å². The molecule has 3 heterocycles. The maximum Gasteiger partial charge on any atom is 0.160 e. The summed E-state index contributed by atoms with van der Waals surface area (Å²) in [5.41, 5.74) is 3.56. The van der Waals surface area contributed by atoms with Crippen molar-refractivity contribution in [3.05, 3.63) is 66.1 Å². The first-order valence-corrected chi connectivity index (χ1v) is 7.93. The zero-order chi connectivity index (χ0) is 16.1. The van der Waals surface area contributed by atoms with Crippen molar-refractivity contribution in [2.45, 2.75) is 5.72 Å². The van der Waals surface area contributed by atoms with Crippen LogP contribution in [0.3, 0.4) is 0 Å². The lowest BCUT2D eigenvalue weighted by atomic mass is 10.1. The van der Waals surface area contributed by atoms with Crippen LogP contribution in [0.4, 0.5) is 4.39 Å². The van der Waals surface area contributed by atoms with E-state index in [0.29, 0.717) is 0 Å². The fourth-order valence-electron chi connectivity index (χ4n) is 3.32. The number of nitrogens with zero attached hydrogens (tertiary/aromatic N) is 4. The van der Waals surface area contributed by atoms with Crippen LogP contribution in [-0.2, 0) is 10.5 Å². The SMILES string of the molecule is Fc1ccc(-n2cc(-c3ccc(C45CN4CCO5)cc3)nn2)cc1. The van der Waals surface area contributed by atoms with E-state index in [1.54, 1.807) is 16.8 Å². The Kier molecular flexibility index (Phi) is 2.86. The lowest BCUT2D eigenvalue weighted by Gasteiger charge is -2.11. The third-order valence-corrected chi connectivity index (χ3v) is 4.73. The van der Waals surface area contributed by atoms with Crippen molar-refractivity contribution in [2.24, 2.45) is 0 Å². The first-order valence-electron chi connectivity index (χ1n) is 7.93. The van der Waals surface area contributed by atoms with Crippen LogP contribution in [-0.4, -0.2) is 39.6 Å². The number of aromatic nitrogens is 3. The molecule has 24 heavy (non-hydrogen) atoms. The van der Waals surface area contributed by atoms with Crippen molar-refractivity contribution in [1.82, 2.24) is 19.9 Å². The molecule has 2 fully saturated rings. The molecule has 6 heteroatoms. The second kappa shape index (κ2) is 4.96. The molecule has 1 aromatic heterocycles. The van der Waals surface area contributed by atoms with Gasteiger partial charge < -0.3 is 4.74 Å². The fraction of sp³-hybridized carbons (Fsp3) is 0.222. The van der Waals surface area contributed by atoms with Gasteiger partial charge in [0.1, 0.15) is 11.5 Å². The van der Waals surface area contributed by atoms with Crippen molar-refractivity contribution in [3.63, 3.8) is 0 Å². The molecule has 5 nitrogen and oxygen atoms in total. The summed E-state index contributed by atoms with van der Waals surface area (Å²) in [6.07, 6.45) is 1.84. The van der Waals surface area contributed by atoms with E-state index in [-0.39, 0.29) is 11.5 Å². The summed E-state index contributed by atoms with van der Waals surface area (Å²) in [4.78, 5) is 2.33. The first-order chi connectivity index (χ1) is 11.7. The average molecular weight is 322 g/mol. The van der Waals surface area contributed by atoms with Crippen LogP contribution >= 0.6 is 0 Å². The second-order valence-corrected chi connectivity index (χ2v) is 6.16. The van der Waals surface area contributed by atoms with Crippen molar-refractivity contribution in [2.75, 3.05) is 19.7 Å². The van der Waals surface area contributed by atoms with Gasteiger partial charge in [-0.15, -0.1) is 5.10 Å². The zero-order valence-electron chi connectivity index (χ0n) is 12.9. The lowest BCUT2D eigenvalue weighted by molar-refractivity contribution is 0.0589. The molecule has 0 spiro atoms. The Morgan fingerprint density at radius 2 is 1.83 bits per heavy atom. The van der Waals surface area contributed by atoms with Crippen LogP contribution in [0.2, 0.25) is 0 Å². The van der Waals surface area contributed by atoms with E-state index in [2.05, 4.69) is 27.3 Å². The van der Waals surface area contributed by atoms with Crippen LogP contribution in [0.25, 0.3) is 16.9 Å². The van der Waals surface area contributed by atoms with Crippen LogP contribution in [0.15, 0.2) is 54.7 Å². The van der Waals surface area contributed by atoms with Crippen molar-refractivity contribution in [3.8, 4) is 16.9 Å². The average Bonchev–Trinajstić information content (AvgIpc) is 2.99. The molecule has 2 saturated heterocycles. The number of halogens is 1. The molecule has 0 radical (unpaired) electrons. The van der Waals surface area contributed by atoms with Gasteiger partial charge in [0.05, 0.1) is 18.5 Å². The molecular formula is C18H15FN4O. The summed E-state index contributed by atoms with van der Waals surface area (Å²) in [6.45, 7) is 2.79. The van der Waals surface area contributed by atoms with Crippen LogP contribution < -0.4 is 0 Å². The van der Waals surface area contributed by atoms with Crippen LogP contribution in [0.5, 0.6) is 0 Å². The molecular weight excluding hydrogens is 307 g/mol. The van der Waals surface area contributed by atoms with E-state index >= 15 is 0 Å². The Hall–Kier alpha value is -2.57. The van der Waals surface area contributed by atoms with E-state index in [1.165, 1.54) is 17.7 Å². The minimum Gasteiger partial charge on any atom is -0.353 e. The lowest BCUT2D eigenvalue weighted by Crippen LogP contribution is -2.11. The van der Waals surface area contributed by atoms with Crippen molar-refractivity contribution >= 4 is 0 Å². The van der Waals surface area contributed by atoms with Gasteiger partial charge in [-0.05, 0) is 24.3 Å². The van der Waals surface area contributed by atoms with Gasteiger partial charge in [-0.2, -0.15) is 0 Å². The van der Waals surface area contributed by atoms with Gasteiger partial charge in [0.15, 0.2) is 5.72 Å². The summed E-state index contributed by atoms with van der Waals surface area (Å²) in [7, 11) is 0. The van der Waals surface area contributed by atoms with Gasteiger partial charge in [0.25, 0.3) is 0 Å². The highest BCUT2D eigenvalue weighted by Crippen LogP contribution is 2.47. The van der Waals surface area contributed by atoms with Gasteiger partial charge in [-0.1, -0.05) is 29.5 Å². The van der Waals surface area contributed by atoms with Crippen LogP contribution in [0, 0.1) is 5.82 Å². The van der Waals surface area contributed by atoms with Gasteiger partial charge >= 0.3 is 0 Å². The normalized spacial score (nSPS) is 24.8. The molecule has 2 unspecified atom stereocenters. The molecule has 2 aliphatic heterocycles. The summed E-state index contributed by atoms with van der Waals surface area (Å²) < 4.78 is 20.5. The van der Waals surface area contributed by atoms with E-state index in [1.807, 2.05) is 18.3 Å². The van der Waals surface area contributed by atoms with Crippen LogP contribution in [0.1, 0.15) is 5.56 Å². The Balaban J connectivity index is 1.42. The van der Waals surface area contributed by atoms with E-state index in [4.69, 9.17) is 4.74 Å². The standard InChI is InChI=1S/C18H15FN4O/c19-15-5-7-16(8-6-15)23-11-17(20-21-23)13-1-3-14(4-2-13)18-12-22(18)9-10-24-18/h1-8,11H,9-10,12H2. The van der Waals surface area contributed by atoms with E-state index in [0.717, 1.165) is 36.6 Å². The monoisotopic (exact) mass is 322 g/mol. The molecule has 0 bridgehead atoms. The molecule has 5 rings (SSSR count). The third-order valence-electron chi connectivity index (χ3n) is 4.73. The predicted molar refractivity (Wildman–Crippen MR) is 86.0 cm³/mol. The number of morpholine rings is 1. The molecule has 0 N–H and O–H groups in total.